The summed E-state index contributed by atoms with van der Waals surface area (Å²) in [6.07, 6.45) is 4.57. The number of carbonyl (C=O) groups is 1. The van der Waals surface area contributed by atoms with E-state index in [0.717, 1.165) is 32.3 Å². The van der Waals surface area contributed by atoms with E-state index in [-0.39, 0.29) is 30.3 Å². The number of rotatable bonds is 5. The molecule has 0 saturated carbocycles. The number of ether oxygens (including phenoxy) is 1. The van der Waals surface area contributed by atoms with Gasteiger partial charge < -0.3 is 9.64 Å². The van der Waals surface area contributed by atoms with Crippen LogP contribution in [0.5, 0.6) is 0 Å². The molecule has 4 heteroatoms. The van der Waals surface area contributed by atoms with Crippen LogP contribution < -0.4 is 5.32 Å². The molecule has 0 aromatic carbocycles. The topological polar surface area (TPSA) is 41.6 Å². The second kappa shape index (κ2) is 6.23. The Balaban J connectivity index is 2.10. The molecule has 5 unspecified atom stereocenters. The second-order valence-electron chi connectivity index (χ2n) is 5.99. The van der Waals surface area contributed by atoms with Gasteiger partial charge in [0.2, 0.25) is 5.91 Å². The van der Waals surface area contributed by atoms with Crippen molar-refractivity contribution in [1.82, 2.24) is 10.2 Å². The molecular formula is C15H28N2O2. The Morgan fingerprint density at radius 2 is 2.16 bits per heavy atom. The third-order valence-electron chi connectivity index (χ3n) is 4.77. The molecule has 0 spiro atoms. The van der Waals surface area contributed by atoms with E-state index in [2.05, 4.69) is 33.0 Å². The number of nitrogens with zero attached hydrogens (tertiary/aromatic N) is 1. The lowest BCUT2D eigenvalue weighted by Crippen LogP contribution is -2.48. The fourth-order valence-electron chi connectivity index (χ4n) is 3.28. The minimum atomic E-state index is -0.0150. The van der Waals surface area contributed by atoms with Crippen molar-refractivity contribution in [2.75, 3.05) is 6.61 Å². The predicted molar refractivity (Wildman–Crippen MR) is 75.7 cm³/mol. The second-order valence-corrected chi connectivity index (χ2v) is 5.99. The van der Waals surface area contributed by atoms with Gasteiger partial charge in [0.05, 0.1) is 24.4 Å². The van der Waals surface area contributed by atoms with Crippen LogP contribution in [0.1, 0.15) is 53.4 Å². The number of nitrogens with one attached hydrogen (secondary N) is 1. The summed E-state index contributed by atoms with van der Waals surface area (Å²) in [5, 5.41) is 3.52. The van der Waals surface area contributed by atoms with Crippen molar-refractivity contribution < 1.29 is 9.53 Å². The zero-order valence-corrected chi connectivity index (χ0v) is 12.7. The van der Waals surface area contributed by atoms with E-state index in [4.69, 9.17) is 4.74 Å². The van der Waals surface area contributed by atoms with Gasteiger partial charge in [-0.15, -0.1) is 0 Å². The molecule has 2 rings (SSSR count). The van der Waals surface area contributed by atoms with Crippen LogP contribution >= 0.6 is 0 Å². The quantitative estimate of drug-likeness (QED) is 0.830. The Bertz CT molecular complexity index is 315. The van der Waals surface area contributed by atoms with Crippen molar-refractivity contribution in [1.29, 1.82) is 0 Å². The summed E-state index contributed by atoms with van der Waals surface area (Å²) in [4.78, 5) is 14.7. The molecule has 1 amide bonds. The molecule has 0 radical (unpaired) electrons. The van der Waals surface area contributed by atoms with Crippen LogP contribution in [0.3, 0.4) is 0 Å². The molecule has 2 heterocycles. The van der Waals surface area contributed by atoms with Gasteiger partial charge in [0.1, 0.15) is 0 Å². The standard InChI is InChI=1S/C15H28N2O2/c1-5-10(3)14-15(18)17(13(6-2)16-14)11(4)12-8-7-9-19-12/h10-14,16H,5-9H2,1-4H3. The Hall–Kier alpha value is -0.610. The first-order valence-corrected chi connectivity index (χ1v) is 7.79. The Morgan fingerprint density at radius 1 is 1.42 bits per heavy atom. The Kier molecular flexibility index (Phi) is 4.85. The summed E-state index contributed by atoms with van der Waals surface area (Å²) in [6.45, 7) is 9.42. The lowest BCUT2D eigenvalue weighted by molar-refractivity contribution is -0.135. The highest BCUT2D eigenvalue weighted by atomic mass is 16.5. The van der Waals surface area contributed by atoms with Crippen molar-refractivity contribution in [3.8, 4) is 0 Å². The summed E-state index contributed by atoms with van der Waals surface area (Å²) in [5.41, 5.74) is 0. The first kappa shape index (κ1) is 14.8. The van der Waals surface area contributed by atoms with Crippen LogP contribution in [0.4, 0.5) is 0 Å². The van der Waals surface area contributed by atoms with Crippen molar-refractivity contribution >= 4 is 5.91 Å². The van der Waals surface area contributed by atoms with Gasteiger partial charge in [-0.3, -0.25) is 10.1 Å². The molecule has 110 valence electrons. The van der Waals surface area contributed by atoms with Gasteiger partial charge >= 0.3 is 0 Å². The fourth-order valence-corrected chi connectivity index (χ4v) is 3.28. The van der Waals surface area contributed by atoms with Crippen LogP contribution in [0.25, 0.3) is 0 Å². The summed E-state index contributed by atoms with van der Waals surface area (Å²) in [6, 6.07) is 0.167. The Labute approximate surface area is 116 Å². The highest BCUT2D eigenvalue weighted by molar-refractivity contribution is 5.85. The maximum absolute atomic E-state index is 12.7. The SMILES string of the molecule is CCC(C)C1NC(CC)N(C(C)C2CCCO2)C1=O. The maximum Gasteiger partial charge on any atom is 0.241 e. The first-order valence-electron chi connectivity index (χ1n) is 7.79. The van der Waals surface area contributed by atoms with E-state index in [0.29, 0.717) is 5.92 Å². The minimum Gasteiger partial charge on any atom is -0.376 e. The van der Waals surface area contributed by atoms with Crippen LogP contribution in [-0.2, 0) is 9.53 Å². The van der Waals surface area contributed by atoms with E-state index < -0.39 is 0 Å². The summed E-state index contributed by atoms with van der Waals surface area (Å²) < 4.78 is 5.77. The fraction of sp³-hybridized carbons (Fsp3) is 0.933. The van der Waals surface area contributed by atoms with E-state index in [9.17, 15) is 4.79 Å². The molecule has 2 saturated heterocycles. The number of hydrogen-bond donors (Lipinski definition) is 1. The molecule has 2 aliphatic heterocycles. The maximum atomic E-state index is 12.7. The molecule has 0 bridgehead atoms. The Morgan fingerprint density at radius 3 is 2.68 bits per heavy atom. The lowest BCUT2D eigenvalue weighted by atomic mass is 9.99. The van der Waals surface area contributed by atoms with Crippen LogP contribution in [0.15, 0.2) is 0 Å². The lowest BCUT2D eigenvalue weighted by Gasteiger charge is -2.33. The van der Waals surface area contributed by atoms with E-state index >= 15 is 0 Å². The molecular weight excluding hydrogens is 240 g/mol. The minimum absolute atomic E-state index is 0.0150. The van der Waals surface area contributed by atoms with Gasteiger partial charge in [-0.05, 0) is 32.1 Å². The molecule has 0 aliphatic carbocycles. The zero-order valence-electron chi connectivity index (χ0n) is 12.7. The molecule has 2 aliphatic rings. The van der Waals surface area contributed by atoms with Gasteiger partial charge in [0.25, 0.3) is 0 Å². The van der Waals surface area contributed by atoms with Crippen molar-refractivity contribution in [3.63, 3.8) is 0 Å². The third kappa shape index (κ3) is 2.79. The zero-order chi connectivity index (χ0) is 14.0. The van der Waals surface area contributed by atoms with Gasteiger partial charge in [0, 0.05) is 6.61 Å². The molecule has 0 aromatic heterocycles. The molecule has 1 N–H and O–H groups in total. The normalized spacial score (nSPS) is 34.8. The monoisotopic (exact) mass is 268 g/mol. The van der Waals surface area contributed by atoms with Crippen molar-refractivity contribution in [2.24, 2.45) is 5.92 Å². The molecule has 4 nitrogen and oxygen atoms in total. The third-order valence-corrected chi connectivity index (χ3v) is 4.77. The summed E-state index contributed by atoms with van der Waals surface area (Å²) in [5.74, 6) is 0.660. The molecule has 19 heavy (non-hydrogen) atoms. The van der Waals surface area contributed by atoms with Crippen LogP contribution in [-0.4, -0.2) is 41.8 Å². The van der Waals surface area contributed by atoms with Gasteiger partial charge in [-0.1, -0.05) is 27.2 Å². The predicted octanol–water partition coefficient (Wildman–Crippen LogP) is 2.14. The number of carbonyl (C=O) groups excluding carboxylic acids is 1. The average molecular weight is 268 g/mol. The number of amides is 1. The molecule has 5 atom stereocenters. The van der Waals surface area contributed by atoms with Gasteiger partial charge in [-0.25, -0.2) is 0 Å². The van der Waals surface area contributed by atoms with Crippen molar-refractivity contribution in [2.45, 2.75) is 77.7 Å². The molecule has 0 aromatic rings. The van der Waals surface area contributed by atoms with Crippen LogP contribution in [0, 0.1) is 5.92 Å². The highest BCUT2D eigenvalue weighted by Gasteiger charge is 2.44. The van der Waals surface area contributed by atoms with E-state index in [1.807, 2.05) is 4.90 Å². The van der Waals surface area contributed by atoms with Gasteiger partial charge in [-0.2, -0.15) is 0 Å². The van der Waals surface area contributed by atoms with Gasteiger partial charge in [0.15, 0.2) is 0 Å². The van der Waals surface area contributed by atoms with Crippen molar-refractivity contribution in [3.05, 3.63) is 0 Å². The first-order chi connectivity index (χ1) is 9.10. The van der Waals surface area contributed by atoms with Crippen LogP contribution in [0.2, 0.25) is 0 Å². The van der Waals surface area contributed by atoms with E-state index in [1.165, 1.54) is 0 Å². The summed E-state index contributed by atoms with van der Waals surface area (Å²) >= 11 is 0. The smallest absolute Gasteiger partial charge is 0.241 e. The average Bonchev–Trinajstić information content (AvgIpc) is 3.04. The molecule has 2 fully saturated rings. The highest BCUT2D eigenvalue weighted by Crippen LogP contribution is 2.27. The number of hydrogen-bond acceptors (Lipinski definition) is 3. The van der Waals surface area contributed by atoms with E-state index in [1.54, 1.807) is 0 Å². The summed E-state index contributed by atoms with van der Waals surface area (Å²) in [7, 11) is 0. The largest absolute Gasteiger partial charge is 0.376 e.